The molecular weight excluding hydrogens is 210 g/mol. The second-order valence-electron chi connectivity index (χ2n) is 4.10. The van der Waals surface area contributed by atoms with Crippen LogP contribution in [0.3, 0.4) is 0 Å². The number of halogens is 1. The Labute approximate surface area is 95.5 Å². The number of hydrogen-bond acceptors (Lipinski definition) is 2. The van der Waals surface area contributed by atoms with Crippen LogP contribution >= 0.6 is 12.4 Å². The minimum atomic E-state index is 0. The third-order valence-electron chi connectivity index (χ3n) is 3.29. The van der Waals surface area contributed by atoms with Gasteiger partial charge in [0.1, 0.15) is 0 Å². The zero-order chi connectivity index (χ0) is 9.54. The summed E-state index contributed by atoms with van der Waals surface area (Å²) in [7, 11) is 0. The van der Waals surface area contributed by atoms with Crippen LogP contribution < -0.4 is 5.32 Å². The molecular formula is C12H14ClNO. The van der Waals surface area contributed by atoms with Gasteiger partial charge in [0.15, 0.2) is 5.78 Å². The quantitative estimate of drug-likeness (QED) is 0.731. The summed E-state index contributed by atoms with van der Waals surface area (Å²) in [5.74, 6) is 0.321. The molecule has 0 aromatic heterocycles. The highest BCUT2D eigenvalue weighted by molar-refractivity contribution is 5.99. The Morgan fingerprint density at radius 1 is 1.27 bits per heavy atom. The standard InChI is InChI=1S/C12H13NO.ClH/c14-11-5-4-10-12-8(6-7-13-10)2-1-3-9(11)12;/h1-3,10,13H,4-7H2;1H. The highest BCUT2D eigenvalue weighted by atomic mass is 35.5. The van der Waals surface area contributed by atoms with Crippen molar-refractivity contribution >= 4 is 18.2 Å². The summed E-state index contributed by atoms with van der Waals surface area (Å²) in [5.41, 5.74) is 3.63. The van der Waals surface area contributed by atoms with Gasteiger partial charge in [-0.1, -0.05) is 18.2 Å². The van der Waals surface area contributed by atoms with E-state index in [9.17, 15) is 4.79 Å². The molecule has 0 saturated heterocycles. The van der Waals surface area contributed by atoms with Crippen molar-refractivity contribution in [3.8, 4) is 0 Å². The molecule has 80 valence electrons. The van der Waals surface area contributed by atoms with E-state index in [1.165, 1.54) is 11.1 Å². The molecule has 2 nitrogen and oxygen atoms in total. The van der Waals surface area contributed by atoms with Gasteiger partial charge in [0.05, 0.1) is 0 Å². The van der Waals surface area contributed by atoms with Crippen molar-refractivity contribution in [1.82, 2.24) is 5.32 Å². The highest BCUT2D eigenvalue weighted by Gasteiger charge is 2.29. The van der Waals surface area contributed by atoms with E-state index >= 15 is 0 Å². The lowest BCUT2D eigenvalue weighted by Crippen LogP contribution is -2.34. The monoisotopic (exact) mass is 223 g/mol. The smallest absolute Gasteiger partial charge is 0.163 e. The number of hydrogen-bond donors (Lipinski definition) is 1. The molecule has 2 aliphatic rings. The summed E-state index contributed by atoms with van der Waals surface area (Å²) in [6, 6.07) is 6.58. The molecule has 3 heteroatoms. The number of ketones is 1. The highest BCUT2D eigenvalue weighted by Crippen LogP contribution is 2.34. The molecule has 0 radical (unpaired) electrons. The molecule has 1 aromatic carbocycles. The summed E-state index contributed by atoms with van der Waals surface area (Å²) in [5, 5.41) is 3.49. The lowest BCUT2D eigenvalue weighted by atomic mass is 9.81. The molecule has 1 unspecified atom stereocenters. The van der Waals surface area contributed by atoms with Gasteiger partial charge in [0.2, 0.25) is 0 Å². The van der Waals surface area contributed by atoms with Crippen LogP contribution in [-0.2, 0) is 6.42 Å². The first kappa shape index (κ1) is 10.7. The molecule has 3 rings (SSSR count). The Kier molecular flexibility index (Phi) is 2.81. The average molecular weight is 224 g/mol. The van der Waals surface area contributed by atoms with Gasteiger partial charge in [0.25, 0.3) is 0 Å². The van der Waals surface area contributed by atoms with Gasteiger partial charge in [0, 0.05) is 18.0 Å². The summed E-state index contributed by atoms with van der Waals surface area (Å²) in [4.78, 5) is 11.7. The third kappa shape index (κ3) is 1.58. The molecule has 1 aliphatic heterocycles. The van der Waals surface area contributed by atoms with Crippen LogP contribution in [0.5, 0.6) is 0 Å². The number of carbonyl (C=O) groups is 1. The van der Waals surface area contributed by atoms with E-state index in [-0.39, 0.29) is 12.4 Å². The molecule has 1 N–H and O–H groups in total. The first-order valence-electron chi connectivity index (χ1n) is 5.24. The summed E-state index contributed by atoms with van der Waals surface area (Å²) >= 11 is 0. The number of benzene rings is 1. The lowest BCUT2D eigenvalue weighted by molar-refractivity contribution is 0.0962. The van der Waals surface area contributed by atoms with E-state index in [0.29, 0.717) is 18.2 Å². The molecule has 1 heterocycles. The van der Waals surface area contributed by atoms with Gasteiger partial charge < -0.3 is 5.32 Å². The van der Waals surface area contributed by atoms with E-state index < -0.39 is 0 Å². The van der Waals surface area contributed by atoms with Gasteiger partial charge in [-0.2, -0.15) is 0 Å². The number of rotatable bonds is 0. The van der Waals surface area contributed by atoms with Crippen molar-refractivity contribution in [2.45, 2.75) is 25.3 Å². The molecule has 0 saturated carbocycles. The van der Waals surface area contributed by atoms with Crippen LogP contribution in [-0.4, -0.2) is 12.3 Å². The first-order valence-corrected chi connectivity index (χ1v) is 5.24. The molecule has 0 amide bonds. The van der Waals surface area contributed by atoms with Gasteiger partial charge in [-0.25, -0.2) is 0 Å². The molecule has 0 spiro atoms. The minimum absolute atomic E-state index is 0. The van der Waals surface area contributed by atoms with E-state index in [1.807, 2.05) is 12.1 Å². The Balaban J connectivity index is 0.000000853. The Bertz CT molecular complexity index is 403. The van der Waals surface area contributed by atoms with Gasteiger partial charge in [-0.15, -0.1) is 12.4 Å². The topological polar surface area (TPSA) is 29.1 Å². The van der Waals surface area contributed by atoms with Crippen LogP contribution in [0.4, 0.5) is 0 Å². The number of Topliss-reactive ketones (excluding diaryl/α,β-unsaturated/α-hetero) is 1. The fourth-order valence-corrected chi connectivity index (χ4v) is 2.63. The van der Waals surface area contributed by atoms with Crippen molar-refractivity contribution in [2.24, 2.45) is 0 Å². The summed E-state index contributed by atoms with van der Waals surface area (Å²) in [6.45, 7) is 1.05. The molecule has 15 heavy (non-hydrogen) atoms. The Morgan fingerprint density at radius 3 is 3.00 bits per heavy atom. The zero-order valence-corrected chi connectivity index (χ0v) is 9.27. The predicted molar refractivity (Wildman–Crippen MR) is 61.7 cm³/mol. The number of nitrogens with one attached hydrogen (secondary N) is 1. The average Bonchev–Trinajstić information content (AvgIpc) is 2.24. The third-order valence-corrected chi connectivity index (χ3v) is 3.29. The van der Waals surface area contributed by atoms with Crippen molar-refractivity contribution in [3.05, 3.63) is 34.9 Å². The van der Waals surface area contributed by atoms with Crippen molar-refractivity contribution in [1.29, 1.82) is 0 Å². The SMILES string of the molecule is Cl.O=C1CCC2NCCc3cccc1c32. The van der Waals surface area contributed by atoms with E-state index in [4.69, 9.17) is 0 Å². The van der Waals surface area contributed by atoms with Gasteiger partial charge >= 0.3 is 0 Å². The molecule has 1 aliphatic carbocycles. The zero-order valence-electron chi connectivity index (χ0n) is 8.45. The van der Waals surface area contributed by atoms with Crippen LogP contribution in [0.2, 0.25) is 0 Å². The van der Waals surface area contributed by atoms with Crippen molar-refractivity contribution in [3.63, 3.8) is 0 Å². The predicted octanol–water partition coefficient (Wildman–Crippen LogP) is 2.27. The maximum atomic E-state index is 11.7. The maximum Gasteiger partial charge on any atom is 0.163 e. The summed E-state index contributed by atoms with van der Waals surface area (Å²) < 4.78 is 0. The molecule has 1 aromatic rings. The molecule has 0 fully saturated rings. The second-order valence-corrected chi connectivity index (χ2v) is 4.10. The minimum Gasteiger partial charge on any atom is -0.310 e. The van der Waals surface area contributed by atoms with Crippen molar-refractivity contribution < 1.29 is 4.79 Å². The van der Waals surface area contributed by atoms with E-state index in [2.05, 4.69) is 11.4 Å². The van der Waals surface area contributed by atoms with Crippen LogP contribution in [0, 0.1) is 0 Å². The molecule has 1 atom stereocenters. The van der Waals surface area contributed by atoms with Gasteiger partial charge in [-0.3, -0.25) is 4.79 Å². The van der Waals surface area contributed by atoms with Crippen LogP contribution in [0.25, 0.3) is 0 Å². The lowest BCUT2D eigenvalue weighted by Gasteiger charge is -2.32. The van der Waals surface area contributed by atoms with Crippen LogP contribution in [0.15, 0.2) is 18.2 Å². The number of carbonyl (C=O) groups excluding carboxylic acids is 1. The Hall–Kier alpha value is -0.860. The first-order chi connectivity index (χ1) is 6.86. The second kappa shape index (κ2) is 3.95. The fourth-order valence-electron chi connectivity index (χ4n) is 2.63. The van der Waals surface area contributed by atoms with Crippen molar-refractivity contribution in [2.75, 3.05) is 6.54 Å². The maximum absolute atomic E-state index is 11.7. The van der Waals surface area contributed by atoms with Gasteiger partial charge in [-0.05, 0) is 30.5 Å². The molecule has 0 bridgehead atoms. The van der Waals surface area contributed by atoms with Crippen LogP contribution in [0.1, 0.15) is 40.4 Å². The largest absolute Gasteiger partial charge is 0.310 e. The van der Waals surface area contributed by atoms with E-state index in [0.717, 1.165) is 24.9 Å². The fraction of sp³-hybridized carbons (Fsp3) is 0.417. The normalized spacial score (nSPS) is 22.9. The van der Waals surface area contributed by atoms with E-state index in [1.54, 1.807) is 0 Å². The Morgan fingerprint density at radius 2 is 2.13 bits per heavy atom. The summed E-state index contributed by atoms with van der Waals surface area (Å²) in [6.07, 6.45) is 2.74.